The number of amides is 1. The molecule has 2 aliphatic rings. The molecule has 0 saturated carbocycles. The van der Waals surface area contributed by atoms with Crippen molar-refractivity contribution in [2.75, 3.05) is 20.2 Å². The summed E-state index contributed by atoms with van der Waals surface area (Å²) in [6.45, 7) is 7.36. The van der Waals surface area contributed by atoms with Crippen molar-refractivity contribution in [1.82, 2.24) is 10.2 Å². The molecule has 2 heterocycles. The van der Waals surface area contributed by atoms with Gasteiger partial charge in [-0.1, -0.05) is 20.8 Å². The second-order valence-electron chi connectivity index (χ2n) is 7.26. The van der Waals surface area contributed by atoms with Gasteiger partial charge in [0, 0.05) is 26.2 Å². The maximum Gasteiger partial charge on any atom is 0.307 e. The van der Waals surface area contributed by atoms with Gasteiger partial charge in [0.05, 0.1) is 18.1 Å². The van der Waals surface area contributed by atoms with Crippen LogP contribution in [0.3, 0.4) is 0 Å². The third kappa shape index (κ3) is 3.55. The molecular weight excluding hydrogens is 272 g/mol. The van der Waals surface area contributed by atoms with E-state index in [0.29, 0.717) is 19.5 Å². The lowest BCUT2D eigenvalue weighted by Gasteiger charge is -2.38. The van der Waals surface area contributed by atoms with Crippen LogP contribution in [0.2, 0.25) is 0 Å². The quantitative estimate of drug-likeness (QED) is 0.802. The Kier molecular flexibility index (Phi) is 4.58. The van der Waals surface area contributed by atoms with E-state index in [9.17, 15) is 14.7 Å². The maximum absolute atomic E-state index is 12.3. The van der Waals surface area contributed by atoms with Gasteiger partial charge < -0.3 is 15.2 Å². The number of piperidine rings is 1. The van der Waals surface area contributed by atoms with E-state index in [1.165, 1.54) is 0 Å². The smallest absolute Gasteiger partial charge is 0.307 e. The molecule has 6 nitrogen and oxygen atoms in total. The molecule has 2 aliphatic heterocycles. The standard InChI is InChI=1S/C15H26N2O4/c1-15(2,3)12-6-11(13(18)16-12)17-7-9(14(19)20)5-10(8-17)21-4/h9-12H,5-8H2,1-4H3,(H,16,18)(H,19,20)/t9?,10?,11-,12-/m1/s1. The van der Waals surface area contributed by atoms with Crippen molar-refractivity contribution < 1.29 is 19.4 Å². The van der Waals surface area contributed by atoms with Gasteiger partial charge in [0.25, 0.3) is 0 Å². The minimum Gasteiger partial charge on any atom is -0.481 e. The highest BCUT2D eigenvalue weighted by Crippen LogP contribution is 2.31. The van der Waals surface area contributed by atoms with E-state index in [4.69, 9.17) is 4.74 Å². The van der Waals surface area contributed by atoms with Crippen LogP contribution in [0.1, 0.15) is 33.6 Å². The van der Waals surface area contributed by atoms with Crippen molar-refractivity contribution >= 4 is 11.9 Å². The number of carboxylic acids is 1. The normalized spacial score (nSPS) is 34.8. The Balaban J connectivity index is 2.09. The summed E-state index contributed by atoms with van der Waals surface area (Å²) in [5.74, 6) is -1.27. The zero-order chi connectivity index (χ0) is 15.8. The molecule has 2 fully saturated rings. The highest BCUT2D eigenvalue weighted by atomic mass is 16.5. The first-order chi connectivity index (χ1) is 9.72. The second-order valence-corrected chi connectivity index (χ2v) is 7.26. The fourth-order valence-electron chi connectivity index (χ4n) is 3.23. The summed E-state index contributed by atoms with van der Waals surface area (Å²) in [7, 11) is 1.60. The molecule has 0 aromatic heterocycles. The van der Waals surface area contributed by atoms with E-state index in [1.54, 1.807) is 7.11 Å². The van der Waals surface area contributed by atoms with Gasteiger partial charge >= 0.3 is 5.97 Å². The van der Waals surface area contributed by atoms with Crippen LogP contribution in [0.4, 0.5) is 0 Å². The minimum atomic E-state index is -0.812. The van der Waals surface area contributed by atoms with Gasteiger partial charge in [0.15, 0.2) is 0 Å². The first kappa shape index (κ1) is 16.2. The number of carbonyl (C=O) groups is 2. The van der Waals surface area contributed by atoms with Crippen molar-refractivity contribution in [2.45, 2.75) is 51.8 Å². The highest BCUT2D eigenvalue weighted by Gasteiger charge is 2.44. The Morgan fingerprint density at radius 1 is 1.33 bits per heavy atom. The number of nitrogens with zero attached hydrogens (tertiary/aromatic N) is 1. The molecule has 0 aliphatic carbocycles. The van der Waals surface area contributed by atoms with Crippen molar-refractivity contribution in [2.24, 2.45) is 11.3 Å². The average Bonchev–Trinajstić information content (AvgIpc) is 2.80. The monoisotopic (exact) mass is 298 g/mol. The fraction of sp³-hybridized carbons (Fsp3) is 0.867. The number of carbonyl (C=O) groups excluding carboxylic acids is 1. The molecule has 1 amide bonds. The molecule has 2 unspecified atom stereocenters. The molecule has 120 valence electrons. The summed E-state index contributed by atoms with van der Waals surface area (Å²) in [5.41, 5.74) is 0.00700. The minimum absolute atomic E-state index is 0.00700. The first-order valence-electron chi connectivity index (χ1n) is 7.52. The summed E-state index contributed by atoms with van der Waals surface area (Å²) < 4.78 is 5.35. The molecule has 0 radical (unpaired) electrons. The summed E-state index contributed by atoms with van der Waals surface area (Å²) >= 11 is 0. The lowest BCUT2D eigenvalue weighted by atomic mass is 9.85. The SMILES string of the molecule is COC1CC(C(=O)O)CN([C@@H]2C[C@H](C(C)(C)C)NC2=O)C1. The lowest BCUT2D eigenvalue weighted by Crippen LogP contribution is -2.52. The van der Waals surface area contributed by atoms with Gasteiger partial charge in [-0.3, -0.25) is 14.5 Å². The maximum atomic E-state index is 12.3. The number of ether oxygens (including phenoxy) is 1. The van der Waals surface area contributed by atoms with Crippen LogP contribution in [0, 0.1) is 11.3 Å². The van der Waals surface area contributed by atoms with Crippen LogP contribution >= 0.6 is 0 Å². The summed E-state index contributed by atoms with van der Waals surface area (Å²) in [4.78, 5) is 25.5. The summed E-state index contributed by atoms with van der Waals surface area (Å²) in [6.07, 6.45) is 1.12. The molecule has 2 saturated heterocycles. The van der Waals surface area contributed by atoms with E-state index in [0.717, 1.165) is 6.42 Å². The number of likely N-dealkylation sites (tertiary alicyclic amines) is 1. The van der Waals surface area contributed by atoms with E-state index in [2.05, 4.69) is 26.1 Å². The Morgan fingerprint density at radius 2 is 2.00 bits per heavy atom. The third-order valence-corrected chi connectivity index (χ3v) is 4.69. The van der Waals surface area contributed by atoms with E-state index in [-0.39, 0.29) is 29.5 Å². The molecular formula is C15H26N2O4. The molecule has 21 heavy (non-hydrogen) atoms. The van der Waals surface area contributed by atoms with Gasteiger partial charge in [0.2, 0.25) is 5.91 Å². The van der Waals surface area contributed by atoms with Crippen molar-refractivity contribution in [3.05, 3.63) is 0 Å². The molecule has 6 heteroatoms. The Bertz CT molecular complexity index is 418. The number of methoxy groups -OCH3 is 1. The van der Waals surface area contributed by atoms with Gasteiger partial charge in [-0.25, -0.2) is 0 Å². The van der Waals surface area contributed by atoms with Gasteiger partial charge in [0.1, 0.15) is 0 Å². The van der Waals surface area contributed by atoms with E-state index >= 15 is 0 Å². The van der Waals surface area contributed by atoms with Crippen LogP contribution in [-0.2, 0) is 14.3 Å². The van der Waals surface area contributed by atoms with Crippen LogP contribution in [0.25, 0.3) is 0 Å². The van der Waals surface area contributed by atoms with Gasteiger partial charge in [-0.05, 0) is 18.3 Å². The number of hydrogen-bond acceptors (Lipinski definition) is 4. The number of nitrogens with one attached hydrogen (secondary N) is 1. The Hall–Kier alpha value is -1.14. The lowest BCUT2D eigenvalue weighted by molar-refractivity contribution is -0.147. The summed E-state index contributed by atoms with van der Waals surface area (Å²) in [5, 5.41) is 12.3. The van der Waals surface area contributed by atoms with Crippen molar-refractivity contribution in [3.8, 4) is 0 Å². The van der Waals surface area contributed by atoms with Crippen LogP contribution in [0.5, 0.6) is 0 Å². The Morgan fingerprint density at radius 3 is 2.48 bits per heavy atom. The van der Waals surface area contributed by atoms with Crippen molar-refractivity contribution in [1.29, 1.82) is 0 Å². The molecule has 0 spiro atoms. The van der Waals surface area contributed by atoms with Gasteiger partial charge in [-0.15, -0.1) is 0 Å². The van der Waals surface area contributed by atoms with E-state index < -0.39 is 11.9 Å². The van der Waals surface area contributed by atoms with Crippen LogP contribution < -0.4 is 5.32 Å². The second kappa shape index (κ2) is 5.93. The highest BCUT2D eigenvalue weighted by molar-refractivity contribution is 5.84. The fourth-order valence-corrected chi connectivity index (χ4v) is 3.23. The Labute approximate surface area is 125 Å². The molecule has 2 rings (SSSR count). The topological polar surface area (TPSA) is 78.9 Å². The third-order valence-electron chi connectivity index (χ3n) is 4.69. The van der Waals surface area contributed by atoms with Crippen LogP contribution in [-0.4, -0.2) is 60.3 Å². The molecule has 2 N–H and O–H groups in total. The number of aliphatic carboxylic acids is 1. The zero-order valence-electron chi connectivity index (χ0n) is 13.3. The predicted molar refractivity (Wildman–Crippen MR) is 77.9 cm³/mol. The number of rotatable bonds is 3. The predicted octanol–water partition coefficient (Wildman–Crippen LogP) is 0.711. The van der Waals surface area contributed by atoms with Gasteiger partial charge in [-0.2, -0.15) is 0 Å². The van der Waals surface area contributed by atoms with Crippen LogP contribution in [0.15, 0.2) is 0 Å². The number of carboxylic acid groups (broad SMARTS) is 1. The molecule has 4 atom stereocenters. The molecule has 0 aromatic rings. The van der Waals surface area contributed by atoms with Crippen molar-refractivity contribution in [3.63, 3.8) is 0 Å². The largest absolute Gasteiger partial charge is 0.481 e. The zero-order valence-corrected chi connectivity index (χ0v) is 13.3. The molecule has 0 aromatic carbocycles. The van der Waals surface area contributed by atoms with E-state index in [1.807, 2.05) is 4.90 Å². The molecule has 0 bridgehead atoms. The summed E-state index contributed by atoms with van der Waals surface area (Å²) in [6, 6.07) is -0.116. The first-order valence-corrected chi connectivity index (χ1v) is 7.52. The number of hydrogen-bond donors (Lipinski definition) is 2. The average molecular weight is 298 g/mol.